The molecule has 1 aliphatic heterocycles. The van der Waals surface area contributed by atoms with Crippen LogP contribution >= 0.6 is 12.4 Å². The van der Waals surface area contributed by atoms with E-state index in [0.717, 1.165) is 19.4 Å². The summed E-state index contributed by atoms with van der Waals surface area (Å²) in [5.74, 6) is 0.213. The van der Waals surface area contributed by atoms with Crippen LogP contribution in [0.2, 0.25) is 0 Å². The van der Waals surface area contributed by atoms with Crippen molar-refractivity contribution in [3.05, 3.63) is 46.4 Å². The van der Waals surface area contributed by atoms with Gasteiger partial charge in [-0.25, -0.2) is 0 Å². The molecule has 1 atom stereocenters. The SMILES string of the molecule is Cl.O=C(NCC1CCCN1)c1ccc(-c2ccco2)[nH]c1=O. The Bertz CT molecular complexity index is 676. The van der Waals surface area contributed by atoms with Gasteiger partial charge in [-0.15, -0.1) is 12.4 Å². The Kier molecular flexibility index (Phi) is 5.41. The average molecular weight is 324 g/mol. The first-order valence-electron chi connectivity index (χ1n) is 7.03. The van der Waals surface area contributed by atoms with Gasteiger partial charge in [-0.1, -0.05) is 0 Å². The Hall–Kier alpha value is -2.05. The first-order valence-corrected chi connectivity index (χ1v) is 7.03. The van der Waals surface area contributed by atoms with Crippen molar-refractivity contribution in [2.24, 2.45) is 0 Å². The highest BCUT2D eigenvalue weighted by atomic mass is 35.5. The van der Waals surface area contributed by atoms with Gasteiger partial charge < -0.3 is 20.0 Å². The van der Waals surface area contributed by atoms with Gasteiger partial charge >= 0.3 is 0 Å². The summed E-state index contributed by atoms with van der Waals surface area (Å²) in [5, 5.41) is 6.08. The number of H-pyrrole nitrogens is 1. The fraction of sp³-hybridized carbons (Fsp3) is 0.333. The van der Waals surface area contributed by atoms with E-state index < -0.39 is 5.56 Å². The lowest BCUT2D eigenvalue weighted by molar-refractivity contribution is 0.0949. The summed E-state index contributed by atoms with van der Waals surface area (Å²) >= 11 is 0. The number of pyridine rings is 1. The standard InChI is InChI=1S/C15H17N3O3.ClH/c19-14(17-9-10-3-1-7-16-10)11-5-6-12(18-15(11)20)13-4-2-8-21-13;/h2,4-6,8,10,16H,1,3,7,9H2,(H,17,19)(H,18,20);1H. The van der Waals surface area contributed by atoms with E-state index in [1.165, 1.54) is 12.3 Å². The molecule has 6 nitrogen and oxygen atoms in total. The number of carbonyl (C=O) groups is 1. The van der Waals surface area contributed by atoms with E-state index in [1.54, 1.807) is 18.2 Å². The van der Waals surface area contributed by atoms with Crippen molar-refractivity contribution in [3.8, 4) is 11.5 Å². The zero-order valence-electron chi connectivity index (χ0n) is 11.9. The van der Waals surface area contributed by atoms with E-state index in [9.17, 15) is 9.59 Å². The van der Waals surface area contributed by atoms with Crippen molar-refractivity contribution in [3.63, 3.8) is 0 Å². The van der Waals surface area contributed by atoms with Crippen molar-refractivity contribution in [1.82, 2.24) is 15.6 Å². The molecular weight excluding hydrogens is 306 g/mol. The van der Waals surface area contributed by atoms with Crippen molar-refractivity contribution in [2.45, 2.75) is 18.9 Å². The van der Waals surface area contributed by atoms with E-state index in [1.807, 2.05) is 0 Å². The predicted octanol–water partition coefficient (Wildman–Crippen LogP) is 1.54. The second-order valence-corrected chi connectivity index (χ2v) is 5.10. The van der Waals surface area contributed by atoms with Crippen LogP contribution in [0.5, 0.6) is 0 Å². The molecule has 118 valence electrons. The number of aromatic amines is 1. The molecule has 3 heterocycles. The van der Waals surface area contributed by atoms with E-state index in [-0.39, 0.29) is 23.9 Å². The summed E-state index contributed by atoms with van der Waals surface area (Å²) in [5.41, 5.74) is 0.253. The normalized spacial score (nSPS) is 17.0. The second kappa shape index (κ2) is 7.29. The number of nitrogens with one attached hydrogen (secondary N) is 3. The van der Waals surface area contributed by atoms with Crippen molar-refractivity contribution >= 4 is 18.3 Å². The number of hydrogen-bond acceptors (Lipinski definition) is 4. The van der Waals surface area contributed by atoms with Gasteiger partial charge in [-0.3, -0.25) is 9.59 Å². The molecule has 0 spiro atoms. The van der Waals surface area contributed by atoms with Gasteiger partial charge in [0.1, 0.15) is 11.3 Å². The van der Waals surface area contributed by atoms with Gasteiger partial charge in [0.15, 0.2) is 0 Å². The van der Waals surface area contributed by atoms with Gasteiger partial charge in [0, 0.05) is 12.6 Å². The highest BCUT2D eigenvalue weighted by molar-refractivity contribution is 5.94. The first-order chi connectivity index (χ1) is 10.2. The molecule has 1 saturated heterocycles. The Morgan fingerprint density at radius 3 is 2.86 bits per heavy atom. The Morgan fingerprint density at radius 2 is 2.23 bits per heavy atom. The van der Waals surface area contributed by atoms with Crippen LogP contribution in [-0.4, -0.2) is 30.0 Å². The zero-order valence-corrected chi connectivity index (χ0v) is 12.7. The number of furan rings is 1. The van der Waals surface area contributed by atoms with Gasteiger partial charge in [-0.05, 0) is 43.7 Å². The number of halogens is 1. The van der Waals surface area contributed by atoms with Crippen molar-refractivity contribution in [2.75, 3.05) is 13.1 Å². The lowest BCUT2D eigenvalue weighted by Crippen LogP contribution is -2.38. The smallest absolute Gasteiger partial charge is 0.261 e. The summed E-state index contributed by atoms with van der Waals surface area (Å²) in [4.78, 5) is 26.7. The first kappa shape index (κ1) is 16.3. The van der Waals surface area contributed by atoms with Crippen molar-refractivity contribution < 1.29 is 9.21 Å². The topological polar surface area (TPSA) is 87.1 Å². The maximum atomic E-state index is 12.0. The minimum absolute atomic E-state index is 0. The minimum atomic E-state index is -0.416. The van der Waals surface area contributed by atoms with Gasteiger partial charge in [0.05, 0.1) is 12.0 Å². The average Bonchev–Trinajstić information content (AvgIpc) is 3.18. The largest absolute Gasteiger partial charge is 0.463 e. The molecule has 1 amide bonds. The third-order valence-corrected chi connectivity index (χ3v) is 3.61. The molecule has 1 aliphatic rings. The highest BCUT2D eigenvalue weighted by Crippen LogP contribution is 2.15. The number of aromatic nitrogens is 1. The maximum Gasteiger partial charge on any atom is 0.261 e. The number of carbonyl (C=O) groups excluding carboxylic acids is 1. The van der Waals surface area contributed by atoms with Gasteiger partial charge in [0.2, 0.25) is 0 Å². The van der Waals surface area contributed by atoms with E-state index in [0.29, 0.717) is 24.0 Å². The molecule has 0 aromatic carbocycles. The Labute approximate surface area is 133 Å². The maximum absolute atomic E-state index is 12.0. The zero-order chi connectivity index (χ0) is 14.7. The highest BCUT2D eigenvalue weighted by Gasteiger charge is 2.17. The van der Waals surface area contributed by atoms with Crippen LogP contribution in [-0.2, 0) is 0 Å². The van der Waals surface area contributed by atoms with Crippen LogP contribution in [0.15, 0.2) is 39.7 Å². The molecule has 1 unspecified atom stereocenters. The molecule has 0 saturated carbocycles. The van der Waals surface area contributed by atoms with Crippen LogP contribution in [0, 0.1) is 0 Å². The molecule has 0 bridgehead atoms. The molecule has 3 rings (SSSR count). The second-order valence-electron chi connectivity index (χ2n) is 5.10. The van der Waals surface area contributed by atoms with Crippen LogP contribution in [0.1, 0.15) is 23.2 Å². The van der Waals surface area contributed by atoms with E-state index in [4.69, 9.17) is 4.42 Å². The Morgan fingerprint density at radius 1 is 1.36 bits per heavy atom. The molecule has 22 heavy (non-hydrogen) atoms. The van der Waals surface area contributed by atoms with Crippen LogP contribution < -0.4 is 16.2 Å². The quantitative estimate of drug-likeness (QED) is 0.796. The monoisotopic (exact) mass is 323 g/mol. The van der Waals surface area contributed by atoms with E-state index >= 15 is 0 Å². The van der Waals surface area contributed by atoms with Gasteiger partial charge in [-0.2, -0.15) is 0 Å². The lowest BCUT2D eigenvalue weighted by atomic mass is 10.2. The fourth-order valence-electron chi connectivity index (χ4n) is 2.47. The fourth-order valence-corrected chi connectivity index (χ4v) is 2.47. The van der Waals surface area contributed by atoms with Crippen molar-refractivity contribution in [1.29, 1.82) is 0 Å². The number of hydrogen-bond donors (Lipinski definition) is 3. The van der Waals surface area contributed by atoms with Crippen LogP contribution in [0.4, 0.5) is 0 Å². The third kappa shape index (κ3) is 3.58. The van der Waals surface area contributed by atoms with E-state index in [2.05, 4.69) is 15.6 Å². The third-order valence-electron chi connectivity index (χ3n) is 3.61. The summed E-state index contributed by atoms with van der Waals surface area (Å²) in [6.45, 7) is 1.52. The van der Waals surface area contributed by atoms with Gasteiger partial charge in [0.25, 0.3) is 11.5 Å². The molecule has 2 aromatic heterocycles. The van der Waals surface area contributed by atoms with Crippen LogP contribution in [0.25, 0.3) is 11.5 Å². The molecule has 1 fully saturated rings. The summed E-state index contributed by atoms with van der Waals surface area (Å²) in [6, 6.07) is 6.98. The molecule has 7 heteroatoms. The predicted molar refractivity (Wildman–Crippen MR) is 85.4 cm³/mol. The number of rotatable bonds is 4. The minimum Gasteiger partial charge on any atom is -0.463 e. The Balaban J connectivity index is 0.00000176. The molecule has 2 aromatic rings. The lowest BCUT2D eigenvalue weighted by Gasteiger charge is -2.11. The molecule has 3 N–H and O–H groups in total. The molecular formula is C15H18ClN3O3. The summed E-state index contributed by atoms with van der Waals surface area (Å²) in [7, 11) is 0. The van der Waals surface area contributed by atoms with Crippen LogP contribution in [0.3, 0.4) is 0 Å². The molecule has 0 aliphatic carbocycles. The summed E-state index contributed by atoms with van der Waals surface area (Å²) < 4.78 is 5.21. The summed E-state index contributed by atoms with van der Waals surface area (Å²) in [6.07, 6.45) is 3.70. The molecule has 0 radical (unpaired) electrons. The number of amides is 1.